The molecule has 0 rings (SSSR count). The second-order valence-corrected chi connectivity index (χ2v) is 3.58. The van der Waals surface area contributed by atoms with Crippen LogP contribution in [0, 0.1) is 0 Å². The quantitative estimate of drug-likeness (QED) is 0.397. The Morgan fingerprint density at radius 2 is 2.08 bits per heavy atom. The molecule has 0 saturated carbocycles. The summed E-state index contributed by atoms with van der Waals surface area (Å²) in [6, 6.07) is 0. The highest BCUT2D eigenvalue weighted by molar-refractivity contribution is 8.10. The molecular formula is C8H17NO2S2. The summed E-state index contributed by atoms with van der Waals surface area (Å²) < 4.78 is 10.8. The largest absolute Gasteiger partial charge is 0.382 e. The van der Waals surface area contributed by atoms with Crippen LogP contribution in [0.15, 0.2) is 0 Å². The molecule has 0 atom stereocenters. The molecule has 0 unspecified atom stereocenters. The first kappa shape index (κ1) is 13.2. The fraction of sp³-hybridized carbons (Fsp3) is 0.875. The van der Waals surface area contributed by atoms with Gasteiger partial charge in [0.05, 0.1) is 19.8 Å². The van der Waals surface area contributed by atoms with Gasteiger partial charge in [0.2, 0.25) is 0 Å². The maximum absolute atomic E-state index is 5.30. The van der Waals surface area contributed by atoms with Gasteiger partial charge in [-0.2, -0.15) is 0 Å². The number of hydrogen-bond acceptors (Lipinski definition) is 3. The fourth-order valence-electron chi connectivity index (χ4n) is 0.808. The van der Waals surface area contributed by atoms with Crippen LogP contribution in [0.5, 0.6) is 0 Å². The fourth-order valence-corrected chi connectivity index (χ4v) is 1.27. The van der Waals surface area contributed by atoms with Crippen LogP contribution in [0.3, 0.4) is 0 Å². The molecule has 3 nitrogen and oxygen atoms in total. The van der Waals surface area contributed by atoms with Gasteiger partial charge in [-0.25, -0.2) is 0 Å². The molecule has 0 aromatic rings. The normalized spacial score (nSPS) is 10.1. The van der Waals surface area contributed by atoms with Gasteiger partial charge < -0.3 is 14.4 Å². The van der Waals surface area contributed by atoms with Gasteiger partial charge >= 0.3 is 0 Å². The van der Waals surface area contributed by atoms with Crippen LogP contribution < -0.4 is 0 Å². The maximum atomic E-state index is 5.30. The van der Waals surface area contributed by atoms with Gasteiger partial charge in [-0.05, 0) is 6.92 Å². The zero-order valence-corrected chi connectivity index (χ0v) is 9.87. The first-order chi connectivity index (χ1) is 6.22. The van der Waals surface area contributed by atoms with E-state index in [0.29, 0.717) is 24.1 Å². The number of methoxy groups -OCH3 is 1. The highest BCUT2D eigenvalue weighted by Crippen LogP contribution is 1.95. The summed E-state index contributed by atoms with van der Waals surface area (Å²) in [7, 11) is 1.66. The van der Waals surface area contributed by atoms with Crippen molar-refractivity contribution in [3.8, 4) is 0 Å². The number of ether oxygens (including phenoxy) is 2. The van der Waals surface area contributed by atoms with Crippen LogP contribution in [0.1, 0.15) is 6.92 Å². The van der Waals surface area contributed by atoms with E-state index in [2.05, 4.69) is 12.6 Å². The maximum Gasteiger partial charge on any atom is 0.133 e. The minimum atomic E-state index is 0.623. The number of rotatable bonds is 7. The van der Waals surface area contributed by atoms with Gasteiger partial charge in [-0.15, -0.1) is 12.6 Å². The van der Waals surface area contributed by atoms with Crippen molar-refractivity contribution >= 4 is 29.2 Å². The lowest BCUT2D eigenvalue weighted by molar-refractivity contribution is 0.0656. The first-order valence-corrected chi connectivity index (χ1v) is 5.12. The van der Waals surface area contributed by atoms with Crippen LogP contribution in [-0.4, -0.2) is 49.2 Å². The molecule has 0 aliphatic heterocycles. The molecule has 0 aliphatic rings. The molecule has 0 saturated heterocycles. The van der Waals surface area contributed by atoms with Crippen molar-refractivity contribution in [1.82, 2.24) is 4.90 Å². The Bertz CT molecular complexity index is 144. The van der Waals surface area contributed by atoms with E-state index in [0.717, 1.165) is 13.1 Å². The Kier molecular flexibility index (Phi) is 8.85. The minimum absolute atomic E-state index is 0.623. The molecule has 0 aromatic carbocycles. The van der Waals surface area contributed by atoms with E-state index in [4.69, 9.17) is 21.7 Å². The van der Waals surface area contributed by atoms with Gasteiger partial charge in [0.15, 0.2) is 0 Å². The van der Waals surface area contributed by atoms with Crippen molar-refractivity contribution < 1.29 is 9.47 Å². The molecule has 0 amide bonds. The van der Waals surface area contributed by atoms with E-state index in [1.165, 1.54) is 0 Å². The average molecular weight is 223 g/mol. The van der Waals surface area contributed by atoms with E-state index in [-0.39, 0.29) is 0 Å². The number of thiol groups is 1. The molecule has 0 fully saturated rings. The Balaban J connectivity index is 3.33. The van der Waals surface area contributed by atoms with Gasteiger partial charge in [-0.1, -0.05) is 12.2 Å². The first-order valence-electron chi connectivity index (χ1n) is 4.27. The molecule has 0 N–H and O–H groups in total. The number of likely N-dealkylation sites (N-methyl/N-ethyl adjacent to an activating group) is 1. The second kappa shape index (κ2) is 8.74. The van der Waals surface area contributed by atoms with Crippen molar-refractivity contribution in [2.45, 2.75) is 6.92 Å². The van der Waals surface area contributed by atoms with E-state index < -0.39 is 0 Å². The van der Waals surface area contributed by atoms with Gasteiger partial charge in [0.1, 0.15) is 4.32 Å². The highest BCUT2D eigenvalue weighted by Gasteiger charge is 2.01. The molecule has 0 heterocycles. The van der Waals surface area contributed by atoms with Gasteiger partial charge in [0, 0.05) is 20.2 Å². The van der Waals surface area contributed by atoms with Crippen molar-refractivity contribution in [2.75, 3.05) is 40.0 Å². The molecule has 0 spiro atoms. The summed E-state index contributed by atoms with van der Waals surface area (Å²) in [6.45, 7) is 5.64. The van der Waals surface area contributed by atoms with Crippen molar-refractivity contribution in [1.29, 1.82) is 0 Å². The van der Waals surface area contributed by atoms with Crippen molar-refractivity contribution in [2.24, 2.45) is 0 Å². The topological polar surface area (TPSA) is 21.7 Å². The highest BCUT2D eigenvalue weighted by atomic mass is 32.1. The summed E-state index contributed by atoms with van der Waals surface area (Å²) in [4.78, 5) is 1.98. The predicted octanol–water partition coefficient (Wildman–Crippen LogP) is 1.19. The van der Waals surface area contributed by atoms with Crippen LogP contribution >= 0.6 is 24.8 Å². The van der Waals surface area contributed by atoms with Crippen LogP contribution in [0.4, 0.5) is 0 Å². The minimum Gasteiger partial charge on any atom is -0.382 e. The van der Waals surface area contributed by atoms with Crippen LogP contribution in [0.2, 0.25) is 0 Å². The summed E-state index contributed by atoms with van der Waals surface area (Å²) in [5.74, 6) is 0. The number of hydrogen-bond donors (Lipinski definition) is 1. The third-order valence-corrected chi connectivity index (χ3v) is 2.13. The van der Waals surface area contributed by atoms with Crippen molar-refractivity contribution in [3.05, 3.63) is 0 Å². The number of thiocarbonyl (C=S) groups is 1. The zero-order valence-electron chi connectivity index (χ0n) is 8.15. The third kappa shape index (κ3) is 7.25. The summed E-state index contributed by atoms with van der Waals surface area (Å²) in [5.41, 5.74) is 0. The van der Waals surface area contributed by atoms with E-state index in [9.17, 15) is 0 Å². The lowest BCUT2D eigenvalue weighted by Crippen LogP contribution is -2.29. The Morgan fingerprint density at radius 1 is 1.38 bits per heavy atom. The molecule has 0 bridgehead atoms. The smallest absolute Gasteiger partial charge is 0.133 e. The molecule has 0 radical (unpaired) electrons. The Hall–Kier alpha value is 0.160. The molecular weight excluding hydrogens is 206 g/mol. The SMILES string of the molecule is CCN(CCOCCOC)C(=S)S. The monoisotopic (exact) mass is 223 g/mol. The zero-order chi connectivity index (χ0) is 10.1. The van der Waals surface area contributed by atoms with E-state index in [1.807, 2.05) is 11.8 Å². The summed E-state index contributed by atoms with van der Waals surface area (Å²) in [5, 5.41) is 0. The third-order valence-electron chi connectivity index (χ3n) is 1.59. The lowest BCUT2D eigenvalue weighted by atomic mass is 10.5. The van der Waals surface area contributed by atoms with Crippen LogP contribution in [0.25, 0.3) is 0 Å². The summed E-state index contributed by atoms with van der Waals surface area (Å²) in [6.07, 6.45) is 0. The van der Waals surface area contributed by atoms with Gasteiger partial charge in [-0.3, -0.25) is 0 Å². The van der Waals surface area contributed by atoms with E-state index in [1.54, 1.807) is 7.11 Å². The van der Waals surface area contributed by atoms with Crippen LogP contribution in [-0.2, 0) is 9.47 Å². The second-order valence-electron chi connectivity index (χ2n) is 2.47. The van der Waals surface area contributed by atoms with Gasteiger partial charge in [0.25, 0.3) is 0 Å². The molecule has 0 aliphatic carbocycles. The molecule has 0 aromatic heterocycles. The van der Waals surface area contributed by atoms with Crippen molar-refractivity contribution in [3.63, 3.8) is 0 Å². The van der Waals surface area contributed by atoms with E-state index >= 15 is 0 Å². The lowest BCUT2D eigenvalue weighted by Gasteiger charge is -2.20. The predicted molar refractivity (Wildman–Crippen MR) is 61.5 cm³/mol. The molecule has 78 valence electrons. The standard InChI is InChI=1S/C8H17NO2S2/c1-3-9(8(12)13)4-5-11-7-6-10-2/h3-7H2,1-2H3,(H,12,13). The molecule has 13 heavy (non-hydrogen) atoms. The Labute approximate surface area is 90.8 Å². The summed E-state index contributed by atoms with van der Waals surface area (Å²) >= 11 is 9.02. The average Bonchev–Trinajstić information content (AvgIpc) is 2.10. The molecule has 5 heteroatoms. The Morgan fingerprint density at radius 3 is 2.54 bits per heavy atom. The number of nitrogens with zero attached hydrogens (tertiary/aromatic N) is 1.